The quantitative estimate of drug-likeness (QED) is 0.283. The number of ether oxygens (including phenoxy) is 3. The Hall–Kier alpha value is -2.64. The summed E-state index contributed by atoms with van der Waals surface area (Å²) >= 11 is 6.75. The number of methoxy groups -OCH3 is 1. The molecular weight excluding hydrogens is 687 g/mol. The Balaban J connectivity index is 1.99. The lowest BCUT2D eigenvalue weighted by molar-refractivity contribution is -0.143. The number of fused-ring (bicyclic) bond motifs is 1. The van der Waals surface area contributed by atoms with Gasteiger partial charge in [0.25, 0.3) is 5.56 Å². The number of carbonyl (C=O) groups excluding carboxylic acids is 1. The van der Waals surface area contributed by atoms with Gasteiger partial charge in [0.05, 0.1) is 39.2 Å². The first-order valence-corrected chi connectivity index (χ1v) is 14.5. The number of aromatic nitrogens is 1. The maximum atomic E-state index is 13.9. The number of esters is 1. The number of hydrogen-bond acceptors (Lipinski definition) is 8. The SMILES string of the molecule is CCOc1cc(/C=c2\sc3n(c2=O)[C@H](c2cc(Br)ccc2OC)C(C(=O)OC(C)C)=C(C)N=3)cc(I)c1O. The average molecular weight is 713 g/mol. The fraction of sp³-hybridized carbons (Fsp3) is 0.296. The maximum absolute atomic E-state index is 13.9. The van der Waals surface area contributed by atoms with Crippen molar-refractivity contribution in [2.24, 2.45) is 4.99 Å². The summed E-state index contributed by atoms with van der Waals surface area (Å²) in [4.78, 5) is 32.3. The molecule has 4 rings (SSSR count). The van der Waals surface area contributed by atoms with Crippen molar-refractivity contribution in [2.75, 3.05) is 13.7 Å². The van der Waals surface area contributed by atoms with Gasteiger partial charge in [-0.1, -0.05) is 27.3 Å². The fourth-order valence-corrected chi connectivity index (χ4v) is 6.22. The Morgan fingerprint density at radius 2 is 2.03 bits per heavy atom. The van der Waals surface area contributed by atoms with E-state index in [0.29, 0.717) is 47.8 Å². The summed E-state index contributed by atoms with van der Waals surface area (Å²) in [5.41, 5.74) is 1.73. The van der Waals surface area contributed by atoms with Crippen molar-refractivity contribution in [2.45, 2.75) is 39.8 Å². The molecule has 2 aromatic carbocycles. The zero-order valence-corrected chi connectivity index (χ0v) is 25.9. The Morgan fingerprint density at radius 3 is 2.68 bits per heavy atom. The van der Waals surface area contributed by atoms with Crippen molar-refractivity contribution in [3.05, 3.63) is 80.5 Å². The molecule has 38 heavy (non-hydrogen) atoms. The van der Waals surface area contributed by atoms with Gasteiger partial charge in [-0.2, -0.15) is 0 Å². The molecule has 2 heterocycles. The number of phenols is 1. The van der Waals surface area contributed by atoms with Crippen LogP contribution in [0.25, 0.3) is 6.08 Å². The van der Waals surface area contributed by atoms with Crippen LogP contribution in [0.4, 0.5) is 0 Å². The summed E-state index contributed by atoms with van der Waals surface area (Å²) < 4.78 is 20.0. The largest absolute Gasteiger partial charge is 0.504 e. The number of hydrogen-bond donors (Lipinski definition) is 1. The van der Waals surface area contributed by atoms with Crippen molar-refractivity contribution in [3.8, 4) is 17.2 Å². The van der Waals surface area contributed by atoms with E-state index in [1.165, 1.54) is 15.9 Å². The minimum Gasteiger partial charge on any atom is -0.504 e. The molecule has 200 valence electrons. The van der Waals surface area contributed by atoms with E-state index >= 15 is 0 Å². The second kappa shape index (κ2) is 11.6. The molecule has 1 aromatic heterocycles. The zero-order chi connectivity index (χ0) is 27.7. The molecule has 0 unspecified atom stereocenters. The third-order valence-corrected chi connectivity index (χ3v) is 8.02. The minimum absolute atomic E-state index is 0.0525. The number of nitrogens with zero attached hydrogens (tertiary/aromatic N) is 2. The Morgan fingerprint density at radius 1 is 1.29 bits per heavy atom. The molecule has 8 nitrogen and oxygen atoms in total. The van der Waals surface area contributed by atoms with Gasteiger partial charge in [-0.05, 0) is 92.3 Å². The highest BCUT2D eigenvalue weighted by Crippen LogP contribution is 2.37. The molecule has 11 heteroatoms. The monoisotopic (exact) mass is 712 g/mol. The van der Waals surface area contributed by atoms with Gasteiger partial charge < -0.3 is 19.3 Å². The lowest BCUT2D eigenvalue weighted by Gasteiger charge is -2.26. The first kappa shape index (κ1) is 28.4. The molecule has 3 aromatic rings. The highest BCUT2D eigenvalue weighted by Gasteiger charge is 2.35. The van der Waals surface area contributed by atoms with Crippen LogP contribution in [0.1, 0.15) is 44.9 Å². The van der Waals surface area contributed by atoms with Gasteiger partial charge in [0.15, 0.2) is 16.3 Å². The van der Waals surface area contributed by atoms with Crippen LogP contribution in [0.3, 0.4) is 0 Å². The van der Waals surface area contributed by atoms with Gasteiger partial charge in [-0.15, -0.1) is 0 Å². The molecule has 0 fully saturated rings. The smallest absolute Gasteiger partial charge is 0.338 e. The van der Waals surface area contributed by atoms with E-state index in [9.17, 15) is 14.7 Å². The van der Waals surface area contributed by atoms with Crippen molar-refractivity contribution < 1.29 is 24.1 Å². The minimum atomic E-state index is -0.814. The topological polar surface area (TPSA) is 99.4 Å². The van der Waals surface area contributed by atoms with E-state index in [-0.39, 0.29) is 23.0 Å². The van der Waals surface area contributed by atoms with Crippen LogP contribution in [0, 0.1) is 3.57 Å². The number of allylic oxidation sites excluding steroid dienone is 1. The van der Waals surface area contributed by atoms with Crippen LogP contribution in [0.15, 0.2) is 55.9 Å². The Kier molecular flexibility index (Phi) is 8.68. The van der Waals surface area contributed by atoms with E-state index in [4.69, 9.17) is 14.2 Å². The van der Waals surface area contributed by atoms with Gasteiger partial charge in [-0.25, -0.2) is 9.79 Å². The molecule has 1 N–H and O–H groups in total. The molecule has 0 bridgehead atoms. The molecule has 0 spiro atoms. The van der Waals surface area contributed by atoms with Crippen LogP contribution in [0.2, 0.25) is 0 Å². The van der Waals surface area contributed by atoms with Crippen molar-refractivity contribution >= 4 is 61.9 Å². The normalized spacial score (nSPS) is 15.4. The van der Waals surface area contributed by atoms with E-state index in [0.717, 1.165) is 4.47 Å². The molecule has 0 amide bonds. The summed E-state index contributed by atoms with van der Waals surface area (Å²) in [7, 11) is 1.54. The molecule has 0 saturated heterocycles. The van der Waals surface area contributed by atoms with Gasteiger partial charge >= 0.3 is 5.97 Å². The molecule has 0 saturated carbocycles. The van der Waals surface area contributed by atoms with E-state index in [2.05, 4.69) is 20.9 Å². The van der Waals surface area contributed by atoms with Gasteiger partial charge in [0, 0.05) is 10.0 Å². The number of phenolic OH excluding ortho intramolecular Hbond substituents is 1. The molecule has 1 atom stereocenters. The van der Waals surface area contributed by atoms with Crippen LogP contribution in [-0.2, 0) is 9.53 Å². The standard InChI is InChI=1S/C27H26BrIN2O6S/c1-6-36-20-10-15(9-18(29)24(20)32)11-21-25(33)31-23(17-12-16(28)7-8-19(17)35-5)22(26(34)37-13(2)3)14(4)30-27(31)38-21/h7-13,23,32H,6H2,1-5H3/b21-11-/t23-/m1/s1. The van der Waals surface area contributed by atoms with Crippen molar-refractivity contribution in [1.29, 1.82) is 0 Å². The molecule has 1 aliphatic heterocycles. The van der Waals surface area contributed by atoms with Gasteiger partial charge in [0.2, 0.25) is 0 Å². The zero-order valence-electron chi connectivity index (χ0n) is 21.4. The van der Waals surface area contributed by atoms with E-state index < -0.39 is 12.0 Å². The average Bonchev–Trinajstić information content (AvgIpc) is 3.15. The molecular formula is C27H26BrIN2O6S. The predicted molar refractivity (Wildman–Crippen MR) is 158 cm³/mol. The molecule has 1 aliphatic rings. The Labute approximate surface area is 245 Å². The number of carbonyl (C=O) groups is 1. The number of benzene rings is 2. The summed E-state index contributed by atoms with van der Waals surface area (Å²) in [6, 6.07) is 8.08. The summed E-state index contributed by atoms with van der Waals surface area (Å²) in [6.45, 7) is 7.50. The highest BCUT2D eigenvalue weighted by molar-refractivity contribution is 14.1. The second-order valence-electron chi connectivity index (χ2n) is 8.70. The first-order chi connectivity index (χ1) is 18.0. The Bertz CT molecular complexity index is 1630. The maximum Gasteiger partial charge on any atom is 0.338 e. The number of thiazole rings is 1. The van der Waals surface area contributed by atoms with Crippen LogP contribution < -0.4 is 24.4 Å². The fourth-order valence-electron chi connectivity index (χ4n) is 4.17. The lowest BCUT2D eigenvalue weighted by atomic mass is 9.95. The summed E-state index contributed by atoms with van der Waals surface area (Å²) in [5, 5.41) is 10.3. The van der Waals surface area contributed by atoms with E-state index in [1.54, 1.807) is 52.2 Å². The van der Waals surface area contributed by atoms with Crippen molar-refractivity contribution in [3.63, 3.8) is 0 Å². The van der Waals surface area contributed by atoms with Crippen molar-refractivity contribution in [1.82, 2.24) is 4.57 Å². The first-order valence-electron chi connectivity index (χ1n) is 11.8. The number of halogens is 2. The van der Waals surface area contributed by atoms with Crippen LogP contribution in [-0.4, -0.2) is 35.5 Å². The third kappa shape index (κ3) is 5.55. The summed E-state index contributed by atoms with van der Waals surface area (Å²) in [6.07, 6.45) is 1.38. The van der Waals surface area contributed by atoms with Crippen LogP contribution >= 0.6 is 49.9 Å². The highest BCUT2D eigenvalue weighted by atomic mass is 127. The molecule has 0 aliphatic carbocycles. The predicted octanol–water partition coefficient (Wildman–Crippen LogP) is 4.67. The van der Waals surface area contributed by atoms with Gasteiger partial charge in [0.1, 0.15) is 11.8 Å². The number of aromatic hydroxyl groups is 1. The second-order valence-corrected chi connectivity index (χ2v) is 11.8. The van der Waals surface area contributed by atoms with E-state index in [1.807, 2.05) is 41.6 Å². The molecule has 0 radical (unpaired) electrons. The lowest BCUT2D eigenvalue weighted by Crippen LogP contribution is -2.40. The third-order valence-electron chi connectivity index (χ3n) is 5.72. The number of rotatable bonds is 7. The summed E-state index contributed by atoms with van der Waals surface area (Å²) in [5.74, 6) is 0.366. The van der Waals surface area contributed by atoms with Gasteiger partial charge in [-0.3, -0.25) is 9.36 Å². The van der Waals surface area contributed by atoms with Crippen LogP contribution in [0.5, 0.6) is 17.2 Å².